The van der Waals surface area contributed by atoms with Gasteiger partial charge in [0.05, 0.1) is 0 Å². The van der Waals surface area contributed by atoms with Crippen molar-refractivity contribution in [3.63, 3.8) is 0 Å². The SMILES string of the molecule is COCCCN1CCCCC1CCBr. The van der Waals surface area contributed by atoms with Gasteiger partial charge in [-0.3, -0.25) is 0 Å². The number of hydrogen-bond acceptors (Lipinski definition) is 2. The van der Waals surface area contributed by atoms with Gasteiger partial charge in [0.25, 0.3) is 0 Å². The molecule has 0 bridgehead atoms. The zero-order chi connectivity index (χ0) is 10.2. The highest BCUT2D eigenvalue weighted by Gasteiger charge is 2.20. The van der Waals surface area contributed by atoms with Crippen LogP contribution in [-0.2, 0) is 4.74 Å². The van der Waals surface area contributed by atoms with Crippen LogP contribution in [0.2, 0.25) is 0 Å². The van der Waals surface area contributed by atoms with Gasteiger partial charge >= 0.3 is 0 Å². The Morgan fingerprint density at radius 3 is 3.00 bits per heavy atom. The van der Waals surface area contributed by atoms with Crippen molar-refractivity contribution in [3.05, 3.63) is 0 Å². The van der Waals surface area contributed by atoms with Gasteiger partial charge in [0.2, 0.25) is 0 Å². The second-order valence-electron chi connectivity index (χ2n) is 4.01. The number of hydrogen-bond donors (Lipinski definition) is 0. The van der Waals surface area contributed by atoms with Crippen molar-refractivity contribution in [2.24, 2.45) is 0 Å². The number of alkyl halides is 1. The second kappa shape index (κ2) is 7.66. The van der Waals surface area contributed by atoms with Crippen LogP contribution in [0.1, 0.15) is 32.1 Å². The number of nitrogens with zero attached hydrogens (tertiary/aromatic N) is 1. The Kier molecular flexibility index (Phi) is 6.82. The summed E-state index contributed by atoms with van der Waals surface area (Å²) < 4.78 is 5.09. The van der Waals surface area contributed by atoms with Gasteiger partial charge in [0, 0.05) is 31.6 Å². The number of rotatable bonds is 6. The summed E-state index contributed by atoms with van der Waals surface area (Å²) in [6.07, 6.45) is 6.66. The first-order valence-electron chi connectivity index (χ1n) is 5.67. The fourth-order valence-electron chi connectivity index (χ4n) is 2.22. The first-order valence-corrected chi connectivity index (χ1v) is 6.79. The maximum absolute atomic E-state index is 5.09. The van der Waals surface area contributed by atoms with E-state index < -0.39 is 0 Å². The van der Waals surface area contributed by atoms with Gasteiger partial charge in [-0.05, 0) is 32.2 Å². The predicted molar refractivity (Wildman–Crippen MR) is 64.1 cm³/mol. The molecule has 2 nitrogen and oxygen atoms in total. The molecule has 3 heteroatoms. The Morgan fingerprint density at radius 1 is 1.43 bits per heavy atom. The molecule has 1 rings (SSSR count). The van der Waals surface area contributed by atoms with Crippen molar-refractivity contribution in [1.29, 1.82) is 0 Å². The summed E-state index contributed by atoms with van der Waals surface area (Å²) in [6.45, 7) is 3.41. The quantitative estimate of drug-likeness (QED) is 0.540. The molecule has 1 fully saturated rings. The number of ether oxygens (including phenoxy) is 1. The van der Waals surface area contributed by atoms with Gasteiger partial charge in [0.1, 0.15) is 0 Å². The van der Waals surface area contributed by atoms with Gasteiger partial charge in [-0.25, -0.2) is 0 Å². The number of piperidine rings is 1. The van der Waals surface area contributed by atoms with E-state index in [0.29, 0.717) is 0 Å². The van der Waals surface area contributed by atoms with E-state index in [4.69, 9.17) is 4.74 Å². The summed E-state index contributed by atoms with van der Waals surface area (Å²) >= 11 is 3.54. The highest BCUT2D eigenvalue weighted by atomic mass is 79.9. The summed E-state index contributed by atoms with van der Waals surface area (Å²) in [7, 11) is 1.78. The highest BCUT2D eigenvalue weighted by molar-refractivity contribution is 9.09. The molecule has 1 unspecified atom stereocenters. The van der Waals surface area contributed by atoms with Crippen molar-refractivity contribution in [2.45, 2.75) is 38.1 Å². The lowest BCUT2D eigenvalue weighted by molar-refractivity contribution is 0.120. The molecule has 1 heterocycles. The summed E-state index contributed by atoms with van der Waals surface area (Å²) in [4.78, 5) is 2.64. The molecule has 0 aromatic heterocycles. The Balaban J connectivity index is 2.22. The molecule has 0 saturated carbocycles. The Hall–Kier alpha value is 0.400. The van der Waals surface area contributed by atoms with Crippen LogP contribution in [0.25, 0.3) is 0 Å². The zero-order valence-electron chi connectivity index (χ0n) is 9.17. The van der Waals surface area contributed by atoms with E-state index >= 15 is 0 Å². The minimum atomic E-state index is 0.819. The zero-order valence-corrected chi connectivity index (χ0v) is 10.8. The van der Waals surface area contributed by atoms with Crippen molar-refractivity contribution in [2.75, 3.05) is 32.1 Å². The molecule has 84 valence electrons. The lowest BCUT2D eigenvalue weighted by Crippen LogP contribution is -2.40. The largest absolute Gasteiger partial charge is 0.385 e. The molecular weight excluding hydrogens is 242 g/mol. The third kappa shape index (κ3) is 4.28. The Labute approximate surface area is 96.1 Å². The van der Waals surface area contributed by atoms with E-state index in [1.54, 1.807) is 7.11 Å². The van der Waals surface area contributed by atoms with Gasteiger partial charge in [-0.1, -0.05) is 22.4 Å². The highest BCUT2D eigenvalue weighted by Crippen LogP contribution is 2.20. The predicted octanol–water partition coefficient (Wildman–Crippen LogP) is 2.66. The first-order chi connectivity index (χ1) is 6.88. The molecule has 14 heavy (non-hydrogen) atoms. The van der Waals surface area contributed by atoms with E-state index in [0.717, 1.165) is 18.0 Å². The average Bonchev–Trinajstić information content (AvgIpc) is 2.21. The standard InChI is InChI=1S/C11H22BrNO/c1-14-10-4-9-13-8-3-2-5-11(13)6-7-12/h11H,2-10H2,1H3. The Bertz CT molecular complexity index is 141. The number of halogens is 1. The number of likely N-dealkylation sites (tertiary alicyclic amines) is 1. The van der Waals surface area contributed by atoms with Crippen molar-refractivity contribution >= 4 is 15.9 Å². The molecule has 1 aliphatic heterocycles. The topological polar surface area (TPSA) is 12.5 Å². The molecule has 1 atom stereocenters. The first kappa shape index (κ1) is 12.5. The Morgan fingerprint density at radius 2 is 2.29 bits per heavy atom. The van der Waals surface area contributed by atoms with E-state index in [2.05, 4.69) is 20.8 Å². The molecule has 1 saturated heterocycles. The van der Waals surface area contributed by atoms with Crippen molar-refractivity contribution < 1.29 is 4.74 Å². The lowest BCUT2D eigenvalue weighted by atomic mass is 10.00. The molecule has 0 N–H and O–H groups in total. The minimum Gasteiger partial charge on any atom is -0.385 e. The third-order valence-electron chi connectivity index (χ3n) is 2.99. The minimum absolute atomic E-state index is 0.819. The molecule has 0 amide bonds. The summed E-state index contributed by atoms with van der Waals surface area (Å²) in [6, 6.07) is 0.819. The van der Waals surface area contributed by atoms with Gasteiger partial charge in [-0.15, -0.1) is 0 Å². The van der Waals surface area contributed by atoms with Crippen LogP contribution in [-0.4, -0.2) is 43.1 Å². The van der Waals surface area contributed by atoms with Gasteiger partial charge < -0.3 is 9.64 Å². The normalized spacial score (nSPS) is 24.0. The van der Waals surface area contributed by atoms with E-state index in [1.165, 1.54) is 45.2 Å². The molecular formula is C11H22BrNO. The van der Waals surface area contributed by atoms with Crippen LogP contribution < -0.4 is 0 Å². The van der Waals surface area contributed by atoms with Crippen LogP contribution in [0.3, 0.4) is 0 Å². The summed E-state index contributed by atoms with van der Waals surface area (Å²) in [5.74, 6) is 0. The maximum atomic E-state index is 5.09. The van der Waals surface area contributed by atoms with E-state index in [1.807, 2.05) is 0 Å². The van der Waals surface area contributed by atoms with Crippen LogP contribution >= 0.6 is 15.9 Å². The second-order valence-corrected chi connectivity index (χ2v) is 4.80. The number of methoxy groups -OCH3 is 1. The van der Waals surface area contributed by atoms with Gasteiger partial charge in [0.15, 0.2) is 0 Å². The monoisotopic (exact) mass is 263 g/mol. The van der Waals surface area contributed by atoms with E-state index in [9.17, 15) is 0 Å². The molecule has 0 spiro atoms. The van der Waals surface area contributed by atoms with Crippen LogP contribution in [0, 0.1) is 0 Å². The smallest absolute Gasteiger partial charge is 0.0474 e. The molecule has 0 aromatic rings. The van der Waals surface area contributed by atoms with Crippen LogP contribution in [0.15, 0.2) is 0 Å². The maximum Gasteiger partial charge on any atom is 0.0474 e. The van der Waals surface area contributed by atoms with Crippen molar-refractivity contribution in [1.82, 2.24) is 4.90 Å². The summed E-state index contributed by atoms with van der Waals surface area (Å²) in [5.41, 5.74) is 0. The molecule has 0 radical (unpaired) electrons. The summed E-state index contributed by atoms with van der Waals surface area (Å²) in [5, 5.41) is 1.14. The third-order valence-corrected chi connectivity index (χ3v) is 3.44. The van der Waals surface area contributed by atoms with Crippen LogP contribution in [0.4, 0.5) is 0 Å². The van der Waals surface area contributed by atoms with Crippen molar-refractivity contribution in [3.8, 4) is 0 Å². The molecule has 0 aliphatic carbocycles. The van der Waals surface area contributed by atoms with E-state index in [-0.39, 0.29) is 0 Å². The fraction of sp³-hybridized carbons (Fsp3) is 1.00. The fourth-order valence-corrected chi connectivity index (χ4v) is 2.75. The molecule has 0 aromatic carbocycles. The van der Waals surface area contributed by atoms with Gasteiger partial charge in [-0.2, -0.15) is 0 Å². The van der Waals surface area contributed by atoms with Crippen LogP contribution in [0.5, 0.6) is 0 Å². The molecule has 1 aliphatic rings. The lowest BCUT2D eigenvalue weighted by Gasteiger charge is -2.35. The average molecular weight is 264 g/mol.